The van der Waals surface area contributed by atoms with Crippen molar-refractivity contribution in [3.63, 3.8) is 0 Å². The van der Waals surface area contributed by atoms with E-state index in [0.29, 0.717) is 19.3 Å². The Balaban J connectivity index is 1.44. The third-order valence-electron chi connectivity index (χ3n) is 12.0. The summed E-state index contributed by atoms with van der Waals surface area (Å²) >= 11 is 0. The van der Waals surface area contributed by atoms with Crippen LogP contribution in [0.3, 0.4) is 0 Å². The minimum atomic E-state index is -1.22. The van der Waals surface area contributed by atoms with Crippen molar-refractivity contribution in [2.75, 3.05) is 13.7 Å². The molecular weight excluding hydrogens is 579 g/mol. The zero-order valence-corrected chi connectivity index (χ0v) is 28.9. The van der Waals surface area contributed by atoms with Crippen molar-refractivity contribution < 1.29 is 42.4 Å². The maximum atomic E-state index is 16.0. The first-order chi connectivity index (χ1) is 21.2. The van der Waals surface area contributed by atoms with Crippen LogP contribution in [0, 0.1) is 35.5 Å². The van der Waals surface area contributed by atoms with Crippen molar-refractivity contribution in [1.82, 2.24) is 0 Å². The topological polar surface area (TPSA) is 89.5 Å². The van der Waals surface area contributed by atoms with E-state index in [1.807, 2.05) is 19.9 Å². The Morgan fingerprint density at radius 3 is 2.42 bits per heavy atom. The van der Waals surface area contributed by atoms with E-state index in [0.717, 1.165) is 25.7 Å². The molecule has 1 spiro atoms. The maximum absolute atomic E-state index is 16.0. The van der Waals surface area contributed by atoms with E-state index >= 15 is 4.39 Å². The van der Waals surface area contributed by atoms with E-state index in [2.05, 4.69) is 33.8 Å². The highest BCUT2D eigenvalue weighted by molar-refractivity contribution is 5.84. The molecule has 256 valence electrons. The molecule has 0 aromatic heterocycles. The quantitative estimate of drug-likeness (QED) is 0.196. The molecular formula is C36H57FO8. The van der Waals surface area contributed by atoms with Crippen molar-refractivity contribution in [2.24, 2.45) is 35.5 Å². The van der Waals surface area contributed by atoms with Crippen molar-refractivity contribution in [3.05, 3.63) is 12.2 Å². The predicted octanol–water partition coefficient (Wildman–Crippen LogP) is 6.38. The van der Waals surface area contributed by atoms with Gasteiger partial charge in [0.1, 0.15) is 12.8 Å². The SMILES string of the molecule is CCC12CCC(O1)C1(C)CCC3(C=CC(C)C(O3)C(C)C(OC)C(C)C(=O)OCC(=O)C(C)CC(C)C(F)C3CC(C)C2O3)O1. The summed E-state index contributed by atoms with van der Waals surface area (Å²) < 4.78 is 54.7. The molecule has 0 aromatic carbocycles. The number of hydrogen-bond donors (Lipinski definition) is 0. The molecule has 4 saturated heterocycles. The minimum absolute atomic E-state index is 0.0701. The van der Waals surface area contributed by atoms with Gasteiger partial charge in [-0.3, -0.25) is 9.59 Å². The van der Waals surface area contributed by atoms with Gasteiger partial charge in [-0.15, -0.1) is 0 Å². The van der Waals surface area contributed by atoms with Gasteiger partial charge in [0.15, 0.2) is 11.6 Å². The number of alkyl halides is 1. The molecule has 0 radical (unpaired) electrons. The Kier molecular flexibility index (Phi) is 10.3. The van der Waals surface area contributed by atoms with Gasteiger partial charge in [-0.25, -0.2) is 4.39 Å². The Morgan fingerprint density at radius 2 is 1.73 bits per heavy atom. The molecule has 5 heterocycles. The third-order valence-corrected chi connectivity index (χ3v) is 12.0. The summed E-state index contributed by atoms with van der Waals surface area (Å²) in [6.07, 6.45) is 6.14. The first kappa shape index (κ1) is 34.9. The monoisotopic (exact) mass is 636 g/mol. The largest absolute Gasteiger partial charge is 0.457 e. The molecule has 15 unspecified atom stereocenters. The van der Waals surface area contributed by atoms with Gasteiger partial charge in [-0.2, -0.15) is 0 Å². The van der Waals surface area contributed by atoms with E-state index in [9.17, 15) is 9.59 Å². The highest BCUT2D eigenvalue weighted by atomic mass is 19.1. The van der Waals surface area contributed by atoms with Gasteiger partial charge in [0.25, 0.3) is 0 Å². The smallest absolute Gasteiger partial charge is 0.311 e. The van der Waals surface area contributed by atoms with Crippen molar-refractivity contribution in [3.8, 4) is 0 Å². The zero-order chi connectivity index (χ0) is 32.9. The number of halogens is 1. The molecule has 0 N–H and O–H groups in total. The van der Waals surface area contributed by atoms with Crippen LogP contribution in [0.4, 0.5) is 4.39 Å². The molecule has 5 rings (SSSR count). The van der Waals surface area contributed by atoms with Crippen LogP contribution in [0.15, 0.2) is 12.2 Å². The van der Waals surface area contributed by atoms with Gasteiger partial charge in [0, 0.05) is 31.3 Å². The number of Topliss-reactive ketones (excluding diaryl/α,β-unsaturated/α-hetero) is 1. The van der Waals surface area contributed by atoms with Crippen LogP contribution in [0.2, 0.25) is 0 Å². The second kappa shape index (κ2) is 13.3. The van der Waals surface area contributed by atoms with Crippen LogP contribution in [-0.2, 0) is 38.0 Å². The van der Waals surface area contributed by atoms with Crippen LogP contribution in [-0.4, -0.2) is 79.1 Å². The predicted molar refractivity (Wildman–Crippen MR) is 167 cm³/mol. The summed E-state index contributed by atoms with van der Waals surface area (Å²) in [5, 5.41) is 0. The summed E-state index contributed by atoms with van der Waals surface area (Å²) in [6.45, 7) is 15.6. The third kappa shape index (κ3) is 6.55. The lowest BCUT2D eigenvalue weighted by atomic mass is 9.82. The Labute approximate surface area is 269 Å². The first-order valence-corrected chi connectivity index (χ1v) is 17.4. The number of methoxy groups -OCH3 is 1. The van der Waals surface area contributed by atoms with Crippen LogP contribution >= 0.6 is 0 Å². The lowest BCUT2D eigenvalue weighted by molar-refractivity contribution is -0.284. The summed E-state index contributed by atoms with van der Waals surface area (Å²) in [5.74, 6) is -3.07. The van der Waals surface area contributed by atoms with Crippen molar-refractivity contribution in [2.45, 2.75) is 154 Å². The number of carbonyl (C=O) groups is 2. The zero-order valence-electron chi connectivity index (χ0n) is 28.9. The molecule has 0 amide bonds. The standard InChI is InChI=1S/C36H57FO8/c1-10-35-13-12-28(43-35)34(8)15-16-36(45-34)14-11-20(2)30(44-36)24(6)31(40-9)25(7)33(39)41-19-26(38)21(3)17-22(4)29(37)27-18-23(5)32(35)42-27/h11,14,20-25,27-32H,10,12-13,15-19H2,1-9H3. The molecule has 7 bridgehead atoms. The van der Waals surface area contributed by atoms with Gasteiger partial charge >= 0.3 is 5.97 Å². The van der Waals surface area contributed by atoms with E-state index < -0.39 is 59.1 Å². The molecule has 0 saturated carbocycles. The maximum Gasteiger partial charge on any atom is 0.311 e. The van der Waals surface area contributed by atoms with Gasteiger partial charge in [0.2, 0.25) is 0 Å². The van der Waals surface area contributed by atoms with Gasteiger partial charge < -0.3 is 28.4 Å². The second-order valence-electron chi connectivity index (χ2n) is 15.4. The summed E-state index contributed by atoms with van der Waals surface area (Å²) in [6, 6.07) is 0. The first-order valence-electron chi connectivity index (χ1n) is 17.4. The van der Waals surface area contributed by atoms with E-state index in [1.165, 1.54) is 0 Å². The summed E-state index contributed by atoms with van der Waals surface area (Å²) in [4.78, 5) is 26.2. The number of hydrogen-bond acceptors (Lipinski definition) is 8. The van der Waals surface area contributed by atoms with Crippen LogP contribution in [0.5, 0.6) is 0 Å². The number of carbonyl (C=O) groups excluding carboxylic acids is 2. The Morgan fingerprint density at radius 1 is 1.00 bits per heavy atom. The van der Waals surface area contributed by atoms with Crippen LogP contribution < -0.4 is 0 Å². The molecule has 5 aliphatic rings. The molecule has 8 nitrogen and oxygen atoms in total. The highest BCUT2D eigenvalue weighted by Gasteiger charge is 2.60. The lowest BCUT2D eigenvalue weighted by Gasteiger charge is -2.44. The fraction of sp³-hybridized carbons (Fsp3) is 0.889. The molecule has 5 aliphatic heterocycles. The van der Waals surface area contributed by atoms with Crippen LogP contribution in [0.25, 0.3) is 0 Å². The fourth-order valence-electron chi connectivity index (χ4n) is 9.11. The minimum Gasteiger partial charge on any atom is -0.457 e. The van der Waals surface area contributed by atoms with Gasteiger partial charge in [-0.05, 0) is 70.3 Å². The summed E-state index contributed by atoms with van der Waals surface area (Å²) in [7, 11) is 1.59. The molecule has 9 heteroatoms. The Hall–Kier alpha value is -1.39. The molecule has 15 atom stereocenters. The molecule has 4 fully saturated rings. The number of cyclic esters (lactones) is 1. The van der Waals surface area contributed by atoms with Gasteiger partial charge in [-0.1, -0.05) is 47.6 Å². The normalized spacial score (nSPS) is 51.4. The van der Waals surface area contributed by atoms with Gasteiger partial charge in [0.05, 0.1) is 47.6 Å². The highest BCUT2D eigenvalue weighted by Crippen LogP contribution is 2.53. The number of rotatable bonds is 2. The fourth-order valence-corrected chi connectivity index (χ4v) is 9.11. The average molecular weight is 637 g/mol. The average Bonchev–Trinajstić information content (AvgIpc) is 3.73. The lowest BCUT2D eigenvalue weighted by Crippen LogP contribution is -2.51. The molecule has 0 aliphatic carbocycles. The van der Waals surface area contributed by atoms with Crippen LogP contribution in [0.1, 0.15) is 100 Å². The number of esters is 1. The van der Waals surface area contributed by atoms with E-state index in [4.69, 9.17) is 28.4 Å². The van der Waals surface area contributed by atoms with Crippen molar-refractivity contribution >= 4 is 11.8 Å². The number of ketones is 1. The molecule has 0 aromatic rings. The van der Waals surface area contributed by atoms with Crippen molar-refractivity contribution in [1.29, 1.82) is 0 Å². The number of fused-ring (bicyclic) bond motifs is 8. The van der Waals surface area contributed by atoms with E-state index in [-0.39, 0.29) is 48.5 Å². The van der Waals surface area contributed by atoms with E-state index in [1.54, 1.807) is 21.0 Å². The second-order valence-corrected chi connectivity index (χ2v) is 15.4. The number of ether oxygens (including phenoxy) is 6. The Bertz CT molecular complexity index is 1110. The summed E-state index contributed by atoms with van der Waals surface area (Å²) in [5.41, 5.74) is -1.07. The molecule has 45 heavy (non-hydrogen) atoms.